The summed E-state index contributed by atoms with van der Waals surface area (Å²) in [5, 5.41) is 32.1. The highest BCUT2D eigenvalue weighted by molar-refractivity contribution is 6.30. The maximum atomic E-state index is 11.3. The third-order valence-electron chi connectivity index (χ3n) is 8.36. The summed E-state index contributed by atoms with van der Waals surface area (Å²) in [6.45, 7) is 4.52. The van der Waals surface area contributed by atoms with Gasteiger partial charge in [-0.05, 0) is 66.9 Å². The summed E-state index contributed by atoms with van der Waals surface area (Å²) < 4.78 is 7.77. The van der Waals surface area contributed by atoms with Gasteiger partial charge < -0.3 is 30.3 Å². The Morgan fingerprint density at radius 1 is 1.02 bits per heavy atom. The van der Waals surface area contributed by atoms with Crippen LogP contribution in [0.1, 0.15) is 24.0 Å². The molecule has 0 amide bonds. The van der Waals surface area contributed by atoms with Gasteiger partial charge in [-0.3, -0.25) is 5.41 Å². The van der Waals surface area contributed by atoms with Crippen LogP contribution in [0.25, 0.3) is 5.65 Å². The first-order valence-electron chi connectivity index (χ1n) is 14.1. The van der Waals surface area contributed by atoms with Crippen molar-refractivity contribution in [3.8, 4) is 0 Å². The van der Waals surface area contributed by atoms with Crippen molar-refractivity contribution in [3.63, 3.8) is 0 Å². The molecule has 2 unspecified atom stereocenters. The predicted octanol–water partition coefficient (Wildman–Crippen LogP) is 3.61. The van der Waals surface area contributed by atoms with Crippen LogP contribution >= 0.6 is 11.6 Å². The molecule has 212 valence electrons. The Bertz CT molecular complexity index is 1540. The number of hydrogen-bond acceptors (Lipinski definition) is 8. The van der Waals surface area contributed by atoms with Crippen LogP contribution in [0.5, 0.6) is 0 Å². The number of piperidine rings is 1. The number of nitrogens with zero attached hydrogens (tertiary/aromatic N) is 5. The first-order valence-corrected chi connectivity index (χ1v) is 14.5. The van der Waals surface area contributed by atoms with Crippen LogP contribution < -0.4 is 15.5 Å². The number of fused-ring (bicyclic) bond motifs is 3. The number of morpholine rings is 2. The number of amidine groups is 1. The molecule has 2 aromatic carbocycles. The summed E-state index contributed by atoms with van der Waals surface area (Å²) in [5.41, 5.74) is 3.51. The molecule has 2 aromatic heterocycles. The SMILES string of the molecule is N=C(c1ccc(Nc2nc3c(N4CCC(O)(c5ccc(Cl)cc5)CC4)cccn3n2)cc1)N1CC2CNCC(C1)O2. The van der Waals surface area contributed by atoms with E-state index in [1.165, 1.54) is 0 Å². The number of benzene rings is 2. The first kappa shape index (κ1) is 26.2. The molecule has 3 aliphatic heterocycles. The van der Waals surface area contributed by atoms with Crippen molar-refractivity contribution in [1.82, 2.24) is 24.8 Å². The highest BCUT2D eigenvalue weighted by Gasteiger charge is 2.35. The molecule has 3 fully saturated rings. The van der Waals surface area contributed by atoms with Crippen molar-refractivity contribution in [2.45, 2.75) is 30.7 Å². The normalized spacial score (nSPS) is 22.1. The van der Waals surface area contributed by atoms with Crippen molar-refractivity contribution < 1.29 is 9.84 Å². The molecule has 7 rings (SSSR count). The molecule has 11 heteroatoms. The monoisotopic (exact) mass is 572 g/mol. The van der Waals surface area contributed by atoms with E-state index in [1.54, 1.807) is 4.52 Å². The average Bonchev–Trinajstić information content (AvgIpc) is 3.40. The summed E-state index contributed by atoms with van der Waals surface area (Å²) >= 11 is 6.05. The van der Waals surface area contributed by atoms with Crippen LogP contribution in [0.2, 0.25) is 5.02 Å². The minimum Gasteiger partial charge on any atom is -0.385 e. The van der Waals surface area contributed by atoms with Crippen molar-refractivity contribution in [2.24, 2.45) is 0 Å². The molecule has 0 saturated carbocycles. The van der Waals surface area contributed by atoms with Crippen molar-refractivity contribution in [2.75, 3.05) is 49.5 Å². The Balaban J connectivity index is 1.03. The highest BCUT2D eigenvalue weighted by atomic mass is 35.5. The van der Waals surface area contributed by atoms with E-state index in [-0.39, 0.29) is 12.2 Å². The Hall–Kier alpha value is -3.70. The molecule has 4 aromatic rings. The third kappa shape index (κ3) is 5.24. The summed E-state index contributed by atoms with van der Waals surface area (Å²) in [6, 6.07) is 19.4. The van der Waals surface area contributed by atoms with E-state index in [0.717, 1.165) is 54.3 Å². The topological polar surface area (TPSA) is 114 Å². The smallest absolute Gasteiger partial charge is 0.247 e. The maximum Gasteiger partial charge on any atom is 0.247 e. The van der Waals surface area contributed by atoms with E-state index in [0.29, 0.717) is 42.7 Å². The largest absolute Gasteiger partial charge is 0.385 e. The molecule has 5 heterocycles. The maximum absolute atomic E-state index is 11.3. The van der Waals surface area contributed by atoms with E-state index in [2.05, 4.69) is 31.6 Å². The summed E-state index contributed by atoms with van der Waals surface area (Å²) in [5.74, 6) is 1.03. The van der Waals surface area contributed by atoms with Gasteiger partial charge in [0, 0.05) is 61.7 Å². The zero-order valence-electron chi connectivity index (χ0n) is 22.6. The Morgan fingerprint density at radius 3 is 2.44 bits per heavy atom. The van der Waals surface area contributed by atoms with E-state index >= 15 is 0 Å². The number of anilines is 3. The number of hydrogen-bond donors (Lipinski definition) is 4. The van der Waals surface area contributed by atoms with Crippen LogP contribution in [-0.2, 0) is 10.3 Å². The molecule has 3 saturated heterocycles. The molecule has 0 spiro atoms. The van der Waals surface area contributed by atoms with Crippen LogP contribution in [0.3, 0.4) is 0 Å². The molecule has 4 N–H and O–H groups in total. The number of aromatic nitrogens is 3. The standard InChI is InChI=1S/C30H33ClN8O2/c31-22-7-5-21(6-8-22)30(40)11-14-37(15-12-30)26-2-1-13-39-28(26)35-29(36-39)34-23-9-3-20(4-10-23)27(32)38-18-24-16-33-17-25(19-38)41-24/h1-10,13,24-25,32-33,40H,11-12,14-19H2,(H,34,36). The Kier molecular flexibility index (Phi) is 6.78. The number of ether oxygens (including phenoxy) is 1. The van der Waals surface area contributed by atoms with Gasteiger partial charge in [-0.25, -0.2) is 4.52 Å². The fourth-order valence-electron chi connectivity index (χ4n) is 6.12. The van der Waals surface area contributed by atoms with Gasteiger partial charge in [0.15, 0.2) is 5.65 Å². The molecule has 2 atom stereocenters. The van der Waals surface area contributed by atoms with Crippen LogP contribution in [0, 0.1) is 5.41 Å². The Labute approximate surface area is 243 Å². The minimum absolute atomic E-state index is 0.134. The van der Waals surface area contributed by atoms with Gasteiger partial charge in [-0.2, -0.15) is 4.98 Å². The zero-order chi connectivity index (χ0) is 28.0. The van der Waals surface area contributed by atoms with Gasteiger partial charge in [-0.15, -0.1) is 5.10 Å². The van der Waals surface area contributed by atoms with Gasteiger partial charge in [0.1, 0.15) is 5.84 Å². The quantitative estimate of drug-likeness (QED) is 0.212. The summed E-state index contributed by atoms with van der Waals surface area (Å²) in [4.78, 5) is 9.18. The first-order chi connectivity index (χ1) is 19.9. The number of pyridine rings is 1. The second-order valence-corrected chi connectivity index (χ2v) is 11.6. The number of aliphatic hydroxyl groups is 1. The second kappa shape index (κ2) is 10.6. The van der Waals surface area contributed by atoms with Gasteiger partial charge in [0.05, 0.1) is 23.5 Å². The fourth-order valence-corrected chi connectivity index (χ4v) is 6.24. The highest BCUT2D eigenvalue weighted by Crippen LogP contribution is 2.36. The van der Waals surface area contributed by atoms with Gasteiger partial charge in [0.2, 0.25) is 5.95 Å². The molecule has 3 aliphatic rings. The van der Waals surface area contributed by atoms with Gasteiger partial charge in [-0.1, -0.05) is 23.7 Å². The summed E-state index contributed by atoms with van der Waals surface area (Å²) in [6.07, 6.45) is 3.38. The molecule has 41 heavy (non-hydrogen) atoms. The molecule has 2 bridgehead atoms. The lowest BCUT2D eigenvalue weighted by molar-refractivity contribution is -0.0859. The van der Waals surface area contributed by atoms with Gasteiger partial charge in [0.25, 0.3) is 0 Å². The van der Waals surface area contributed by atoms with E-state index < -0.39 is 5.60 Å². The van der Waals surface area contributed by atoms with Crippen LogP contribution in [0.4, 0.5) is 17.3 Å². The third-order valence-corrected chi connectivity index (χ3v) is 8.61. The molecule has 0 aliphatic carbocycles. The number of nitrogens with one attached hydrogen (secondary N) is 3. The minimum atomic E-state index is -0.868. The molecular formula is C30H33ClN8O2. The number of rotatable bonds is 5. The average molecular weight is 573 g/mol. The zero-order valence-corrected chi connectivity index (χ0v) is 23.4. The van der Waals surface area contributed by atoms with Crippen molar-refractivity contribution in [3.05, 3.63) is 83.0 Å². The van der Waals surface area contributed by atoms with E-state index in [9.17, 15) is 5.11 Å². The van der Waals surface area contributed by atoms with Crippen LogP contribution in [0.15, 0.2) is 66.9 Å². The predicted molar refractivity (Wildman–Crippen MR) is 159 cm³/mol. The molecular weight excluding hydrogens is 540 g/mol. The second-order valence-electron chi connectivity index (χ2n) is 11.1. The molecule has 0 radical (unpaired) electrons. The van der Waals surface area contributed by atoms with Gasteiger partial charge >= 0.3 is 0 Å². The van der Waals surface area contributed by atoms with E-state index in [1.807, 2.05) is 60.8 Å². The van der Waals surface area contributed by atoms with Crippen molar-refractivity contribution >= 4 is 40.4 Å². The lowest BCUT2D eigenvalue weighted by Gasteiger charge is -2.42. The molecule has 10 nitrogen and oxygen atoms in total. The fraction of sp³-hybridized carbons (Fsp3) is 0.367. The van der Waals surface area contributed by atoms with Crippen LogP contribution in [-0.4, -0.2) is 81.9 Å². The Morgan fingerprint density at radius 2 is 1.73 bits per heavy atom. The number of halogens is 1. The summed E-state index contributed by atoms with van der Waals surface area (Å²) in [7, 11) is 0. The van der Waals surface area contributed by atoms with Crippen molar-refractivity contribution in [1.29, 1.82) is 5.41 Å². The lowest BCUT2D eigenvalue weighted by Crippen LogP contribution is -2.59. The lowest BCUT2D eigenvalue weighted by atomic mass is 9.84. The van der Waals surface area contributed by atoms with E-state index in [4.69, 9.17) is 26.7 Å².